The van der Waals surface area contributed by atoms with E-state index in [1.807, 2.05) is 0 Å². The molecule has 0 saturated heterocycles. The molecule has 8 heteroatoms. The fourth-order valence-electron chi connectivity index (χ4n) is 1.10. The molecular weight excluding hydrogens is 274 g/mol. The Balaban J connectivity index is 3.52. The molecule has 0 amide bonds. The molecule has 0 aliphatic heterocycles. The highest BCUT2D eigenvalue weighted by atomic mass is 32.2. The highest BCUT2D eigenvalue weighted by Gasteiger charge is 2.06. The number of carbonyl (C=O) groups excluding carboxylic acids is 1. The maximum atomic E-state index is 11.0. The topological polar surface area (TPSA) is 102 Å². The summed E-state index contributed by atoms with van der Waals surface area (Å²) in [7, 11) is -3.91. The van der Waals surface area contributed by atoms with Gasteiger partial charge in [-0.05, 0) is 26.8 Å². The number of nitrogens with one attached hydrogen (secondary N) is 1. The average molecular weight is 295 g/mol. The fourth-order valence-corrected chi connectivity index (χ4v) is 1.61. The smallest absolute Gasteiger partial charge is 0.333 e. The predicted octanol–water partition coefficient (Wildman–Crippen LogP) is 0.336. The zero-order valence-electron chi connectivity index (χ0n) is 11.2. The minimum Gasteiger partial charge on any atom is -0.460 e. The van der Waals surface area contributed by atoms with Crippen LogP contribution in [-0.4, -0.2) is 50.7 Å². The fraction of sp³-hybridized carbons (Fsp3) is 0.727. The van der Waals surface area contributed by atoms with Crippen molar-refractivity contribution in [3.63, 3.8) is 0 Å². The Morgan fingerprint density at radius 3 is 2.58 bits per heavy atom. The minimum atomic E-state index is -3.91. The molecule has 0 bridgehead atoms. The molecule has 0 fully saturated rings. The molecule has 0 aromatic heterocycles. The molecule has 19 heavy (non-hydrogen) atoms. The molecule has 0 aromatic rings. The molecule has 0 saturated carbocycles. The van der Waals surface area contributed by atoms with Crippen molar-refractivity contribution < 1.29 is 27.2 Å². The Bertz CT molecular complexity index is 392. The van der Waals surface area contributed by atoms with Crippen molar-refractivity contribution in [1.82, 2.24) is 5.32 Å². The summed E-state index contributed by atoms with van der Waals surface area (Å²) < 4.78 is 39.5. The van der Waals surface area contributed by atoms with Crippen LogP contribution in [0.4, 0.5) is 0 Å². The van der Waals surface area contributed by atoms with E-state index in [1.165, 1.54) is 0 Å². The summed E-state index contributed by atoms with van der Waals surface area (Å²) in [5.74, 6) is -0.750. The van der Waals surface area contributed by atoms with Gasteiger partial charge >= 0.3 is 5.97 Å². The average Bonchev–Trinajstić information content (AvgIpc) is 2.28. The monoisotopic (exact) mass is 295 g/mol. The lowest BCUT2D eigenvalue weighted by molar-refractivity contribution is -0.141. The van der Waals surface area contributed by atoms with Gasteiger partial charge in [0, 0.05) is 5.57 Å². The van der Waals surface area contributed by atoms with Gasteiger partial charge in [0.25, 0.3) is 10.1 Å². The van der Waals surface area contributed by atoms with Crippen LogP contribution in [0.3, 0.4) is 0 Å². The van der Waals surface area contributed by atoms with Gasteiger partial charge in [-0.2, -0.15) is 8.42 Å². The van der Waals surface area contributed by atoms with Crippen LogP contribution in [0.25, 0.3) is 0 Å². The lowest BCUT2D eigenvalue weighted by Gasteiger charge is -2.14. The van der Waals surface area contributed by atoms with Gasteiger partial charge < -0.3 is 9.47 Å². The molecule has 0 heterocycles. The first-order valence-corrected chi connectivity index (χ1v) is 7.46. The Kier molecular flexibility index (Phi) is 8.57. The van der Waals surface area contributed by atoms with Gasteiger partial charge in [-0.1, -0.05) is 6.58 Å². The largest absolute Gasteiger partial charge is 0.460 e. The van der Waals surface area contributed by atoms with Crippen LogP contribution in [0, 0.1) is 0 Å². The Hall–Kier alpha value is -0.960. The highest BCUT2D eigenvalue weighted by molar-refractivity contribution is 7.85. The molecule has 0 rings (SSSR count). The first-order chi connectivity index (χ1) is 8.72. The van der Waals surface area contributed by atoms with E-state index in [9.17, 15) is 13.2 Å². The van der Waals surface area contributed by atoms with Gasteiger partial charge in [0.2, 0.25) is 0 Å². The molecule has 0 aliphatic carbocycles. The Morgan fingerprint density at radius 2 is 2.05 bits per heavy atom. The van der Waals surface area contributed by atoms with E-state index in [-0.39, 0.29) is 31.6 Å². The molecule has 0 spiro atoms. The van der Waals surface area contributed by atoms with E-state index in [0.29, 0.717) is 12.1 Å². The van der Waals surface area contributed by atoms with Crippen LogP contribution in [0.1, 0.15) is 20.3 Å². The quantitative estimate of drug-likeness (QED) is 0.197. The van der Waals surface area contributed by atoms with Gasteiger partial charge in [-0.15, -0.1) is 0 Å². The predicted molar refractivity (Wildman–Crippen MR) is 70.2 cm³/mol. The van der Waals surface area contributed by atoms with Crippen molar-refractivity contribution in [2.75, 3.05) is 25.5 Å². The van der Waals surface area contributed by atoms with E-state index in [4.69, 9.17) is 14.0 Å². The zero-order valence-corrected chi connectivity index (χ0v) is 12.0. The molecule has 7 nitrogen and oxygen atoms in total. The van der Waals surface area contributed by atoms with Crippen LogP contribution in [0.2, 0.25) is 0 Å². The molecule has 0 aromatic carbocycles. The number of esters is 1. The Morgan fingerprint density at radius 1 is 1.42 bits per heavy atom. The second-order valence-corrected chi connectivity index (χ2v) is 5.60. The van der Waals surface area contributed by atoms with Crippen molar-refractivity contribution in [2.45, 2.75) is 26.5 Å². The summed E-state index contributed by atoms with van der Waals surface area (Å²) in [5, 5.41) is 2.91. The summed E-state index contributed by atoms with van der Waals surface area (Å²) in [6.07, 6.45) is -0.0121. The summed E-state index contributed by atoms with van der Waals surface area (Å²) in [6, 6.07) is 0. The molecular formula is C11H21NO6S. The standard InChI is InChI=1S/C11H21NO6S/c1-9(2)11(13)18-7-6-17-10(3)12-5-4-8-19(14,15)16/h10,12H,1,4-8H2,2-3H3,(H,14,15,16). The number of ether oxygens (including phenoxy) is 2. The van der Waals surface area contributed by atoms with Crippen molar-refractivity contribution in [1.29, 1.82) is 0 Å². The van der Waals surface area contributed by atoms with Crippen LogP contribution >= 0.6 is 0 Å². The van der Waals surface area contributed by atoms with Crippen molar-refractivity contribution >= 4 is 16.1 Å². The molecule has 0 radical (unpaired) electrons. The second kappa shape index (κ2) is 9.03. The Labute approximate surface area is 113 Å². The summed E-state index contributed by atoms with van der Waals surface area (Å²) >= 11 is 0. The van der Waals surface area contributed by atoms with Gasteiger partial charge in [-0.3, -0.25) is 9.87 Å². The normalized spacial score (nSPS) is 13.0. The molecule has 2 N–H and O–H groups in total. The SMILES string of the molecule is C=C(C)C(=O)OCCOC(C)NCCCS(=O)(=O)O. The van der Waals surface area contributed by atoms with Crippen molar-refractivity contribution in [3.05, 3.63) is 12.2 Å². The van der Waals surface area contributed by atoms with Crippen LogP contribution in [0.15, 0.2) is 12.2 Å². The first kappa shape index (κ1) is 18.0. The van der Waals surface area contributed by atoms with E-state index < -0.39 is 16.1 Å². The number of hydrogen-bond donors (Lipinski definition) is 2. The molecule has 112 valence electrons. The van der Waals surface area contributed by atoms with E-state index in [0.717, 1.165) is 0 Å². The molecule has 0 aliphatic rings. The maximum Gasteiger partial charge on any atom is 0.333 e. The number of carbonyl (C=O) groups is 1. The van der Waals surface area contributed by atoms with Crippen LogP contribution in [0.5, 0.6) is 0 Å². The van der Waals surface area contributed by atoms with Crippen molar-refractivity contribution in [3.8, 4) is 0 Å². The minimum absolute atomic E-state index is 0.128. The first-order valence-electron chi connectivity index (χ1n) is 5.85. The van der Waals surface area contributed by atoms with Crippen LogP contribution < -0.4 is 5.32 Å². The summed E-state index contributed by atoms with van der Waals surface area (Å²) in [5.41, 5.74) is 0.330. The summed E-state index contributed by atoms with van der Waals surface area (Å²) in [4.78, 5) is 11.0. The number of hydrogen-bond acceptors (Lipinski definition) is 6. The lowest BCUT2D eigenvalue weighted by atomic mass is 10.4. The summed E-state index contributed by atoms with van der Waals surface area (Å²) in [6.45, 7) is 7.49. The number of rotatable bonds is 10. The third kappa shape index (κ3) is 11.8. The van der Waals surface area contributed by atoms with E-state index >= 15 is 0 Å². The van der Waals surface area contributed by atoms with Gasteiger partial charge in [0.05, 0.1) is 12.4 Å². The third-order valence-electron chi connectivity index (χ3n) is 2.04. The molecule has 1 unspecified atom stereocenters. The maximum absolute atomic E-state index is 11.0. The van der Waals surface area contributed by atoms with E-state index in [2.05, 4.69) is 11.9 Å². The van der Waals surface area contributed by atoms with Gasteiger partial charge in [0.1, 0.15) is 12.8 Å². The zero-order chi connectivity index (χ0) is 14.9. The van der Waals surface area contributed by atoms with Crippen LogP contribution in [-0.2, 0) is 24.4 Å². The van der Waals surface area contributed by atoms with Gasteiger partial charge in [-0.25, -0.2) is 4.79 Å². The van der Waals surface area contributed by atoms with Gasteiger partial charge in [0.15, 0.2) is 0 Å². The molecule has 1 atom stereocenters. The third-order valence-corrected chi connectivity index (χ3v) is 2.85. The highest BCUT2D eigenvalue weighted by Crippen LogP contribution is 1.93. The lowest BCUT2D eigenvalue weighted by Crippen LogP contribution is -2.31. The van der Waals surface area contributed by atoms with Crippen molar-refractivity contribution in [2.24, 2.45) is 0 Å². The second-order valence-electron chi connectivity index (χ2n) is 4.02. The van der Waals surface area contributed by atoms with E-state index in [1.54, 1.807) is 13.8 Å².